The van der Waals surface area contributed by atoms with Crippen LogP contribution in [0.3, 0.4) is 0 Å². The minimum atomic E-state index is -2.12. The van der Waals surface area contributed by atoms with E-state index in [9.17, 15) is 4.39 Å². The van der Waals surface area contributed by atoms with Crippen LogP contribution in [-0.4, -0.2) is 6.18 Å². The molecule has 0 bridgehead atoms. The molecule has 0 saturated carbocycles. The Morgan fingerprint density at radius 2 is 2.33 bits per heavy atom. The standard InChI is InChI=1S/C14H9FNOS/c1-18-14-4-2-12(3-5-14)17-13-7-10(9-16)6-11(15)8-13/h2,4-8H,1H3/i1D3. The quantitative estimate of drug-likeness (QED) is 0.782. The first kappa shape index (κ1) is 9.01. The number of nitriles is 1. The summed E-state index contributed by atoms with van der Waals surface area (Å²) in [5.74, 6) is -0.0861. The molecule has 2 aromatic rings. The van der Waals surface area contributed by atoms with Crippen LogP contribution in [0.5, 0.6) is 11.5 Å². The zero-order valence-electron chi connectivity index (χ0n) is 12.1. The molecule has 0 fully saturated rings. The molecule has 0 aliphatic carbocycles. The van der Waals surface area contributed by atoms with Crippen LogP contribution in [0.2, 0.25) is 0 Å². The average molecular weight is 261 g/mol. The van der Waals surface area contributed by atoms with E-state index in [1.807, 2.05) is 6.07 Å². The van der Waals surface area contributed by atoms with Crippen molar-refractivity contribution in [3.05, 3.63) is 53.8 Å². The number of benzene rings is 2. The lowest BCUT2D eigenvalue weighted by atomic mass is 10.2. The molecule has 2 nitrogen and oxygen atoms in total. The second-order valence-electron chi connectivity index (χ2n) is 3.38. The van der Waals surface area contributed by atoms with E-state index in [1.54, 1.807) is 6.07 Å². The highest BCUT2D eigenvalue weighted by Gasteiger charge is 2.03. The fraction of sp³-hybridized carbons (Fsp3) is 0.0714. The van der Waals surface area contributed by atoms with E-state index in [0.29, 0.717) is 10.6 Å². The van der Waals surface area contributed by atoms with Crippen molar-refractivity contribution in [2.24, 2.45) is 0 Å². The Balaban J connectivity index is 2.14. The predicted molar refractivity (Wildman–Crippen MR) is 68.2 cm³/mol. The third kappa shape index (κ3) is 3.02. The Morgan fingerprint density at radius 3 is 3.00 bits per heavy atom. The van der Waals surface area contributed by atoms with Crippen molar-refractivity contribution >= 4 is 11.8 Å². The van der Waals surface area contributed by atoms with E-state index in [1.165, 1.54) is 18.2 Å². The van der Waals surface area contributed by atoms with Crippen molar-refractivity contribution in [1.29, 1.82) is 5.26 Å². The van der Waals surface area contributed by atoms with Gasteiger partial charge in [-0.25, -0.2) is 4.39 Å². The second-order valence-corrected chi connectivity index (χ2v) is 4.06. The van der Waals surface area contributed by atoms with Gasteiger partial charge in [-0.05, 0) is 36.5 Å². The third-order valence-electron chi connectivity index (χ3n) is 2.10. The van der Waals surface area contributed by atoms with Crippen molar-refractivity contribution in [1.82, 2.24) is 0 Å². The maximum absolute atomic E-state index is 13.3. The Bertz CT molecular complexity index is 680. The topological polar surface area (TPSA) is 33.0 Å². The van der Waals surface area contributed by atoms with Crippen LogP contribution in [0.1, 0.15) is 9.68 Å². The molecule has 0 saturated heterocycles. The normalized spacial score (nSPS) is 13.0. The molecule has 0 atom stereocenters. The first-order valence-corrected chi connectivity index (χ1v) is 5.77. The Kier molecular flexibility index (Phi) is 2.78. The van der Waals surface area contributed by atoms with Crippen molar-refractivity contribution in [3.63, 3.8) is 0 Å². The molecule has 1 radical (unpaired) electrons. The molecule has 0 amide bonds. The molecular formula is C14H9FNOS. The highest BCUT2D eigenvalue weighted by atomic mass is 32.2. The SMILES string of the molecule is [2H]C([2H])([2H])Sc1c[c]c(Oc2cc(F)cc(C#N)c2)cc1. The minimum Gasteiger partial charge on any atom is -0.457 e. The first-order chi connectivity index (χ1) is 9.85. The summed E-state index contributed by atoms with van der Waals surface area (Å²) in [5.41, 5.74) is 0.152. The maximum atomic E-state index is 13.3. The monoisotopic (exact) mass is 261 g/mol. The number of nitrogens with zero attached hydrogens (tertiary/aromatic N) is 1. The fourth-order valence-electron chi connectivity index (χ4n) is 1.34. The summed E-state index contributed by atoms with van der Waals surface area (Å²) in [6.45, 7) is 0. The molecule has 18 heavy (non-hydrogen) atoms. The van der Waals surface area contributed by atoms with Gasteiger partial charge < -0.3 is 4.74 Å². The van der Waals surface area contributed by atoms with Crippen LogP contribution in [0.4, 0.5) is 4.39 Å². The predicted octanol–water partition coefficient (Wildman–Crippen LogP) is 4.01. The van der Waals surface area contributed by atoms with E-state index in [-0.39, 0.29) is 11.3 Å². The van der Waals surface area contributed by atoms with E-state index < -0.39 is 12.0 Å². The Labute approximate surface area is 113 Å². The van der Waals surface area contributed by atoms with Gasteiger partial charge >= 0.3 is 0 Å². The molecule has 4 heteroatoms. The zero-order chi connectivity index (χ0) is 15.5. The highest BCUT2D eigenvalue weighted by Crippen LogP contribution is 2.25. The van der Waals surface area contributed by atoms with Crippen molar-refractivity contribution < 1.29 is 13.2 Å². The van der Waals surface area contributed by atoms with Gasteiger partial charge in [0.05, 0.1) is 11.6 Å². The molecule has 0 aliphatic rings. The van der Waals surface area contributed by atoms with Crippen LogP contribution < -0.4 is 4.74 Å². The molecule has 0 unspecified atom stereocenters. The van der Waals surface area contributed by atoms with Gasteiger partial charge in [0.15, 0.2) is 0 Å². The number of ether oxygens (including phenoxy) is 1. The number of hydrogen-bond donors (Lipinski definition) is 0. The molecule has 0 aliphatic heterocycles. The van der Waals surface area contributed by atoms with E-state index in [2.05, 4.69) is 6.07 Å². The van der Waals surface area contributed by atoms with Crippen molar-refractivity contribution in [2.75, 3.05) is 6.18 Å². The fourth-order valence-corrected chi connectivity index (χ4v) is 1.59. The maximum Gasteiger partial charge on any atom is 0.135 e. The van der Waals surface area contributed by atoms with Gasteiger partial charge in [-0.2, -0.15) is 5.26 Å². The smallest absolute Gasteiger partial charge is 0.135 e. The molecule has 0 N–H and O–H groups in total. The molecule has 2 aromatic carbocycles. The molecule has 0 heterocycles. The summed E-state index contributed by atoms with van der Waals surface area (Å²) in [6, 6.07) is 12.9. The van der Waals surface area contributed by atoms with Gasteiger partial charge in [-0.3, -0.25) is 0 Å². The summed E-state index contributed by atoms with van der Waals surface area (Å²) >= 11 is 0.734. The van der Waals surface area contributed by atoms with Crippen molar-refractivity contribution in [3.8, 4) is 17.6 Å². The molecule has 2 rings (SSSR count). The van der Waals surface area contributed by atoms with Crippen LogP contribution >= 0.6 is 11.8 Å². The summed E-state index contributed by atoms with van der Waals surface area (Å²) in [4.78, 5) is 0.527. The highest BCUT2D eigenvalue weighted by molar-refractivity contribution is 7.98. The lowest BCUT2D eigenvalue weighted by molar-refractivity contribution is 0.475. The number of hydrogen-bond acceptors (Lipinski definition) is 3. The average Bonchev–Trinajstić information content (AvgIpc) is 2.38. The lowest BCUT2D eigenvalue weighted by Crippen LogP contribution is -1.87. The number of rotatable bonds is 3. The molecule has 0 spiro atoms. The number of halogens is 1. The number of thioether (sulfide) groups is 1. The summed E-state index contributed by atoms with van der Waals surface area (Å²) in [6.07, 6.45) is -2.12. The largest absolute Gasteiger partial charge is 0.457 e. The first-order valence-electron chi connectivity index (χ1n) is 6.45. The van der Waals surface area contributed by atoms with Gasteiger partial charge in [-0.15, -0.1) is 11.8 Å². The van der Waals surface area contributed by atoms with Gasteiger partial charge in [0.2, 0.25) is 0 Å². The third-order valence-corrected chi connectivity index (χ3v) is 2.59. The molecular weight excluding hydrogens is 249 g/mol. The molecule has 0 aromatic heterocycles. The summed E-state index contributed by atoms with van der Waals surface area (Å²) in [7, 11) is 0. The summed E-state index contributed by atoms with van der Waals surface area (Å²) in [5, 5.41) is 8.76. The van der Waals surface area contributed by atoms with Crippen LogP contribution in [0.15, 0.2) is 41.3 Å². The Hall–Kier alpha value is -1.99. The Morgan fingerprint density at radius 1 is 1.44 bits per heavy atom. The van der Waals surface area contributed by atoms with E-state index >= 15 is 0 Å². The van der Waals surface area contributed by atoms with Crippen LogP contribution in [0.25, 0.3) is 0 Å². The van der Waals surface area contributed by atoms with Gasteiger partial charge in [-0.1, -0.05) is 0 Å². The summed E-state index contributed by atoms with van der Waals surface area (Å²) < 4.78 is 40.1. The van der Waals surface area contributed by atoms with Crippen molar-refractivity contribution in [2.45, 2.75) is 4.90 Å². The van der Waals surface area contributed by atoms with Crippen LogP contribution in [0, 0.1) is 23.2 Å². The lowest BCUT2D eigenvalue weighted by Gasteiger charge is -2.06. The van der Waals surface area contributed by atoms with Gasteiger partial charge in [0.1, 0.15) is 17.3 Å². The van der Waals surface area contributed by atoms with E-state index in [0.717, 1.165) is 23.9 Å². The molecule has 89 valence electrons. The second kappa shape index (κ2) is 5.56. The van der Waals surface area contributed by atoms with Gasteiger partial charge in [0, 0.05) is 21.1 Å². The van der Waals surface area contributed by atoms with Crippen LogP contribution in [-0.2, 0) is 0 Å². The van der Waals surface area contributed by atoms with Gasteiger partial charge in [0.25, 0.3) is 0 Å². The zero-order valence-corrected chi connectivity index (χ0v) is 9.92. The van der Waals surface area contributed by atoms with E-state index in [4.69, 9.17) is 14.1 Å². The minimum absolute atomic E-state index is 0.152.